The molecule has 0 radical (unpaired) electrons. The third-order valence-corrected chi connectivity index (χ3v) is 15.7. The van der Waals surface area contributed by atoms with Crippen LogP contribution in [0.15, 0.2) is 36.8 Å². The van der Waals surface area contributed by atoms with Gasteiger partial charge in [-0.15, -0.1) is 0 Å². The van der Waals surface area contributed by atoms with Gasteiger partial charge in [-0.2, -0.15) is 23.5 Å². The van der Waals surface area contributed by atoms with E-state index in [1.807, 2.05) is 11.8 Å². The first-order valence-corrected chi connectivity index (χ1v) is 26.2. The van der Waals surface area contributed by atoms with Crippen LogP contribution >= 0.6 is 23.5 Å². The molecule has 68 heavy (non-hydrogen) atoms. The molecule has 0 aliphatic carbocycles. The highest BCUT2D eigenvalue weighted by Crippen LogP contribution is 2.38. The van der Waals surface area contributed by atoms with Gasteiger partial charge in [0.25, 0.3) is 0 Å². The highest BCUT2D eigenvalue weighted by molar-refractivity contribution is 7.99. The Morgan fingerprint density at radius 1 is 0.515 bits per heavy atom. The number of nitrogens with one attached hydrogen (secondary N) is 2. The second-order valence-corrected chi connectivity index (χ2v) is 20.8. The van der Waals surface area contributed by atoms with Gasteiger partial charge in [0, 0.05) is 53.6 Å². The molecule has 0 aromatic rings. The SMILES string of the molecule is C=C(CCSCC1O[C@@H]2OC3C(CO)O[C@H](OCCCCC1[C@H](O)C2O)C(O)[C@H]3O)NCN(CNC(=C)CCSCC1O[C@@H]2OC3C(CO)O[C@H](OCCCCC1[C@H](O)C2O)C(O)[C@H]3O)C(=C)C. The van der Waals surface area contributed by atoms with Gasteiger partial charge in [-0.3, -0.25) is 0 Å². The third kappa shape index (κ3) is 14.4. The van der Waals surface area contributed by atoms with Crippen molar-refractivity contribution in [3.63, 3.8) is 0 Å². The first kappa shape index (κ1) is 55.9. The van der Waals surface area contributed by atoms with E-state index >= 15 is 0 Å². The summed E-state index contributed by atoms with van der Waals surface area (Å²) in [5.74, 6) is 1.51. The van der Waals surface area contributed by atoms with E-state index < -0.39 is 136 Å². The molecule has 392 valence electrons. The zero-order valence-corrected chi connectivity index (χ0v) is 40.5. The molecule has 8 bridgehead atoms. The number of aliphatic hydroxyl groups is 10. The van der Waals surface area contributed by atoms with E-state index in [4.69, 9.17) is 37.9 Å². The predicted molar refractivity (Wildman–Crippen MR) is 248 cm³/mol. The Kier molecular flexibility index (Phi) is 22.2. The van der Waals surface area contributed by atoms with Crippen molar-refractivity contribution in [3.05, 3.63) is 36.8 Å². The van der Waals surface area contributed by atoms with Crippen LogP contribution in [0.3, 0.4) is 0 Å². The lowest BCUT2D eigenvalue weighted by atomic mass is 9.85. The standard InChI is InChI=1S/C45H77N3O18S2/c1-23(2)48(21-46-24(3)11-15-67-19-30-26-9-5-7-13-59-42-38(57)34(53)40(28(17-49)61-42)65-44(63-30)36(55)32(26)51)22-47-25(4)12-16-68-20-31-27-10-6-8-14-60-43-39(58)35(54)41(29(18-50)62-43)66-45(64-31)37(56)33(27)52/h26-47,49-58H,1,3-22H2,2H3/t26?,27?,28?,29?,30?,31?,32-,33-,34+,35+,36?,37?,38?,39?,40?,41?,42-,43-,44+,45+/m0/s1. The Morgan fingerprint density at radius 3 is 1.28 bits per heavy atom. The van der Waals surface area contributed by atoms with Crippen LogP contribution in [0.5, 0.6) is 0 Å². The number of rotatable bonds is 19. The summed E-state index contributed by atoms with van der Waals surface area (Å²) in [6.07, 6.45) is -17.0. The minimum atomic E-state index is -1.50. The number of allylic oxidation sites excluding steroid dienone is 3. The smallest absolute Gasteiger partial charge is 0.186 e. The maximum Gasteiger partial charge on any atom is 0.186 e. The Balaban J connectivity index is 0.918. The van der Waals surface area contributed by atoms with Crippen molar-refractivity contribution in [2.45, 2.75) is 169 Å². The van der Waals surface area contributed by atoms with Gasteiger partial charge in [0.2, 0.25) is 0 Å². The van der Waals surface area contributed by atoms with Gasteiger partial charge in [0.15, 0.2) is 25.2 Å². The first-order valence-electron chi connectivity index (χ1n) is 23.8. The van der Waals surface area contributed by atoms with E-state index in [1.165, 1.54) is 0 Å². The van der Waals surface area contributed by atoms with Crippen LogP contribution in [0.1, 0.15) is 58.3 Å². The molecule has 12 N–H and O–H groups in total. The number of ether oxygens (including phenoxy) is 8. The summed E-state index contributed by atoms with van der Waals surface area (Å²) in [4.78, 5) is 2.01. The fourth-order valence-electron chi connectivity index (χ4n) is 9.34. The Morgan fingerprint density at radius 2 is 0.897 bits per heavy atom. The van der Waals surface area contributed by atoms with Gasteiger partial charge >= 0.3 is 0 Å². The molecule has 21 nitrogen and oxygen atoms in total. The maximum absolute atomic E-state index is 11.2. The number of aliphatic hydroxyl groups excluding tert-OH is 10. The normalized spacial score (nSPS) is 41.4. The highest BCUT2D eigenvalue weighted by Gasteiger charge is 2.53. The minimum absolute atomic E-state index is 0.218. The summed E-state index contributed by atoms with van der Waals surface area (Å²) in [5.41, 5.74) is 2.42. The first-order chi connectivity index (χ1) is 32.6. The molecule has 0 aromatic heterocycles. The molecule has 12 saturated heterocycles. The van der Waals surface area contributed by atoms with Gasteiger partial charge in [0.05, 0.1) is 51.0 Å². The summed E-state index contributed by atoms with van der Waals surface area (Å²) >= 11 is 3.20. The molecule has 0 saturated carbocycles. The molecule has 12 unspecified atom stereocenters. The fourth-order valence-corrected chi connectivity index (χ4v) is 11.6. The average molecular weight is 1010 g/mol. The second-order valence-electron chi connectivity index (χ2n) is 18.5. The Hall–Kier alpha value is -1.40. The van der Waals surface area contributed by atoms with E-state index in [0.717, 1.165) is 17.1 Å². The quantitative estimate of drug-likeness (QED) is 0.0511. The van der Waals surface area contributed by atoms with Crippen LogP contribution in [-0.4, -0.2) is 229 Å². The third-order valence-electron chi connectivity index (χ3n) is 13.6. The Labute approximate surface area is 407 Å². The van der Waals surface area contributed by atoms with E-state index in [9.17, 15) is 51.1 Å². The van der Waals surface area contributed by atoms with Crippen molar-refractivity contribution in [1.29, 1.82) is 0 Å². The minimum Gasteiger partial charge on any atom is -0.394 e. The fraction of sp³-hybridized carbons (Fsp3) is 0.867. The molecule has 12 fully saturated rings. The Bertz CT molecular complexity index is 1470. The molecular weight excluding hydrogens is 935 g/mol. The lowest BCUT2D eigenvalue weighted by Crippen LogP contribution is -2.63. The van der Waals surface area contributed by atoms with Crippen molar-refractivity contribution in [2.75, 3.05) is 62.8 Å². The van der Waals surface area contributed by atoms with Crippen LogP contribution in [0, 0.1) is 11.8 Å². The maximum atomic E-state index is 11.2. The lowest BCUT2D eigenvalue weighted by Gasteiger charge is -2.47. The number of hydrogen-bond donors (Lipinski definition) is 12. The second kappa shape index (κ2) is 27.1. The van der Waals surface area contributed by atoms with Gasteiger partial charge in [0.1, 0.15) is 61.0 Å². The molecular formula is C45H77N3O18S2. The lowest BCUT2D eigenvalue weighted by molar-refractivity contribution is -0.354. The van der Waals surface area contributed by atoms with Gasteiger partial charge in [-0.05, 0) is 57.0 Å². The summed E-state index contributed by atoms with van der Waals surface area (Å²) in [5, 5.41) is 114. The number of hydrogen-bond acceptors (Lipinski definition) is 23. The van der Waals surface area contributed by atoms with E-state index in [1.54, 1.807) is 23.5 Å². The zero-order chi connectivity index (χ0) is 49.1. The van der Waals surface area contributed by atoms with Crippen molar-refractivity contribution in [1.82, 2.24) is 15.5 Å². The van der Waals surface area contributed by atoms with Gasteiger partial charge in [-0.25, -0.2) is 0 Å². The van der Waals surface area contributed by atoms with Crippen LogP contribution in [0.25, 0.3) is 0 Å². The zero-order valence-electron chi connectivity index (χ0n) is 38.9. The number of nitrogens with zero attached hydrogens (tertiary/aromatic N) is 1. The molecule has 12 rings (SSSR count). The topological polar surface area (TPSA) is 303 Å². The van der Waals surface area contributed by atoms with Crippen LogP contribution in [0.4, 0.5) is 0 Å². The molecule has 20 atom stereocenters. The van der Waals surface area contributed by atoms with Crippen molar-refractivity contribution in [3.8, 4) is 0 Å². The molecule has 12 heterocycles. The van der Waals surface area contributed by atoms with Crippen molar-refractivity contribution < 1.29 is 89.0 Å². The van der Waals surface area contributed by atoms with Crippen molar-refractivity contribution >= 4 is 23.5 Å². The summed E-state index contributed by atoms with van der Waals surface area (Å²) in [7, 11) is 0. The highest BCUT2D eigenvalue weighted by atomic mass is 32.2. The monoisotopic (exact) mass is 1010 g/mol. The van der Waals surface area contributed by atoms with Crippen LogP contribution < -0.4 is 10.6 Å². The molecule has 0 aromatic carbocycles. The molecule has 0 amide bonds. The largest absolute Gasteiger partial charge is 0.394 e. The average Bonchev–Trinajstić information content (AvgIpc) is 3.31. The molecule has 0 spiro atoms. The molecule has 12 aliphatic heterocycles. The summed E-state index contributed by atoms with van der Waals surface area (Å²) < 4.78 is 47.1. The molecule has 12 aliphatic rings. The summed E-state index contributed by atoms with van der Waals surface area (Å²) in [6.45, 7) is 14.7. The predicted octanol–water partition coefficient (Wildman–Crippen LogP) is -1.63. The van der Waals surface area contributed by atoms with Gasteiger partial charge in [-0.1, -0.05) is 32.6 Å². The van der Waals surface area contributed by atoms with E-state index in [2.05, 4.69) is 30.4 Å². The molecule has 23 heteroatoms. The van der Waals surface area contributed by atoms with Crippen LogP contribution in [-0.2, 0) is 37.9 Å². The van der Waals surface area contributed by atoms with E-state index in [-0.39, 0.29) is 13.2 Å². The van der Waals surface area contributed by atoms with Crippen molar-refractivity contribution in [2.24, 2.45) is 11.8 Å². The van der Waals surface area contributed by atoms with Crippen LogP contribution in [0.2, 0.25) is 0 Å². The van der Waals surface area contributed by atoms with E-state index in [0.29, 0.717) is 87.7 Å². The summed E-state index contributed by atoms with van der Waals surface area (Å²) in [6, 6.07) is 0. The number of thioether (sulfide) groups is 2. The van der Waals surface area contributed by atoms with Gasteiger partial charge < -0.3 is 104 Å².